The van der Waals surface area contributed by atoms with Crippen molar-refractivity contribution < 1.29 is 18.7 Å². The Balaban J connectivity index is 0.00000225. The third-order valence-corrected chi connectivity index (χ3v) is 2.51. The maximum absolute atomic E-state index is 13.2. The minimum absolute atomic E-state index is 0. The Labute approximate surface area is 112 Å². The number of carboxylic acid groups (broad SMARTS) is 1. The SMILES string of the molecule is Nc1ccc(Cl)c(Cl)c1C(F)(F)C(=O)O.[LiH]. The van der Waals surface area contributed by atoms with Gasteiger partial charge in [0.1, 0.15) is 0 Å². The Morgan fingerprint density at radius 1 is 1.38 bits per heavy atom. The van der Waals surface area contributed by atoms with Gasteiger partial charge in [-0.25, -0.2) is 4.79 Å². The molecule has 0 aliphatic heterocycles. The first-order valence-corrected chi connectivity index (χ1v) is 4.39. The summed E-state index contributed by atoms with van der Waals surface area (Å²) in [6.45, 7) is 0. The van der Waals surface area contributed by atoms with Crippen molar-refractivity contribution in [3.05, 3.63) is 27.7 Å². The summed E-state index contributed by atoms with van der Waals surface area (Å²) in [7, 11) is 0. The van der Waals surface area contributed by atoms with Crippen molar-refractivity contribution in [2.45, 2.75) is 5.92 Å². The van der Waals surface area contributed by atoms with Gasteiger partial charge < -0.3 is 10.8 Å². The summed E-state index contributed by atoms with van der Waals surface area (Å²) in [6, 6.07) is 2.28. The summed E-state index contributed by atoms with van der Waals surface area (Å²) in [5.41, 5.74) is 3.83. The van der Waals surface area contributed by atoms with Crippen LogP contribution in [0, 0.1) is 0 Å². The van der Waals surface area contributed by atoms with Gasteiger partial charge in [0.15, 0.2) is 0 Å². The molecule has 0 fully saturated rings. The van der Waals surface area contributed by atoms with E-state index in [0.717, 1.165) is 6.07 Å². The van der Waals surface area contributed by atoms with Crippen molar-refractivity contribution in [2.75, 3.05) is 5.73 Å². The van der Waals surface area contributed by atoms with Crippen LogP contribution in [0.4, 0.5) is 14.5 Å². The second kappa shape index (κ2) is 5.24. The summed E-state index contributed by atoms with van der Waals surface area (Å²) in [4.78, 5) is 10.3. The second-order valence-electron chi connectivity index (χ2n) is 2.71. The van der Waals surface area contributed by atoms with E-state index in [2.05, 4.69) is 0 Å². The van der Waals surface area contributed by atoms with E-state index >= 15 is 0 Å². The molecule has 1 rings (SSSR count). The van der Waals surface area contributed by atoms with Crippen molar-refractivity contribution in [3.63, 3.8) is 0 Å². The number of benzene rings is 1. The van der Waals surface area contributed by atoms with E-state index in [9.17, 15) is 13.6 Å². The average Bonchev–Trinajstić information content (AvgIpc) is 2.11. The van der Waals surface area contributed by atoms with Crippen molar-refractivity contribution in [3.8, 4) is 0 Å². The minimum atomic E-state index is -4.16. The van der Waals surface area contributed by atoms with Crippen molar-refractivity contribution in [1.82, 2.24) is 0 Å². The molecule has 3 N–H and O–H groups in total. The van der Waals surface area contributed by atoms with Crippen LogP contribution >= 0.6 is 23.2 Å². The fraction of sp³-hybridized carbons (Fsp3) is 0.125. The molecule has 1 aromatic carbocycles. The van der Waals surface area contributed by atoms with Crippen molar-refractivity contribution in [1.29, 1.82) is 0 Å². The summed E-state index contributed by atoms with van der Waals surface area (Å²) in [5, 5.41) is 7.60. The molecule has 16 heavy (non-hydrogen) atoms. The Hall–Kier alpha value is -0.473. The van der Waals surface area contributed by atoms with E-state index in [1.165, 1.54) is 6.07 Å². The molecule has 84 valence electrons. The van der Waals surface area contributed by atoms with Gasteiger partial charge in [-0.1, -0.05) is 23.2 Å². The molecule has 0 unspecified atom stereocenters. The van der Waals surface area contributed by atoms with Crippen LogP contribution in [-0.4, -0.2) is 29.9 Å². The molecule has 8 heteroatoms. The third kappa shape index (κ3) is 2.61. The zero-order valence-corrected chi connectivity index (χ0v) is 8.61. The molecular formula is C8H6Cl2F2LiNO2. The molecule has 3 nitrogen and oxygen atoms in total. The topological polar surface area (TPSA) is 63.3 Å². The number of hydrogen-bond donors (Lipinski definition) is 2. The summed E-state index contributed by atoms with van der Waals surface area (Å²) < 4.78 is 26.3. The number of aliphatic carboxylic acids is 1. The quantitative estimate of drug-likeness (QED) is 0.635. The van der Waals surface area contributed by atoms with E-state index in [4.69, 9.17) is 34.0 Å². The van der Waals surface area contributed by atoms with E-state index in [0.29, 0.717) is 0 Å². The van der Waals surface area contributed by atoms with Crippen molar-refractivity contribution in [2.24, 2.45) is 0 Å². The molecule has 0 atom stereocenters. The number of hydrogen-bond acceptors (Lipinski definition) is 2. The molecule has 0 aliphatic rings. The predicted octanol–water partition coefficient (Wildman–Crippen LogP) is 2.10. The number of carboxylic acids is 1. The van der Waals surface area contributed by atoms with E-state index in [-0.39, 0.29) is 23.9 Å². The molecular weight excluding hydrogens is 258 g/mol. The average molecular weight is 264 g/mol. The fourth-order valence-corrected chi connectivity index (χ4v) is 1.44. The number of nitrogen functional groups attached to an aromatic ring is 1. The van der Waals surface area contributed by atoms with Gasteiger partial charge in [0.25, 0.3) is 0 Å². The zero-order chi connectivity index (χ0) is 11.8. The van der Waals surface area contributed by atoms with Crippen LogP contribution in [0.25, 0.3) is 0 Å². The van der Waals surface area contributed by atoms with Crippen LogP contribution in [0.15, 0.2) is 12.1 Å². The number of rotatable bonds is 2. The van der Waals surface area contributed by atoms with Gasteiger partial charge in [-0.15, -0.1) is 0 Å². The first-order valence-electron chi connectivity index (χ1n) is 3.63. The summed E-state index contributed by atoms with van der Waals surface area (Å²) in [6.07, 6.45) is 0. The van der Waals surface area contributed by atoms with Crippen LogP contribution in [0.3, 0.4) is 0 Å². The first-order chi connectivity index (χ1) is 6.78. The molecule has 0 radical (unpaired) electrons. The fourth-order valence-electron chi connectivity index (χ4n) is 0.992. The Kier molecular flexibility index (Phi) is 5.08. The zero-order valence-electron chi connectivity index (χ0n) is 7.10. The van der Waals surface area contributed by atoms with Crippen LogP contribution < -0.4 is 5.73 Å². The van der Waals surface area contributed by atoms with Gasteiger partial charge in [0, 0.05) is 5.69 Å². The van der Waals surface area contributed by atoms with Gasteiger partial charge in [0.05, 0.1) is 15.6 Å². The molecule has 0 heterocycles. The van der Waals surface area contributed by atoms with E-state index in [1.54, 1.807) is 0 Å². The third-order valence-electron chi connectivity index (χ3n) is 1.71. The van der Waals surface area contributed by atoms with Gasteiger partial charge in [0.2, 0.25) is 0 Å². The molecule has 0 aliphatic carbocycles. The van der Waals surface area contributed by atoms with Gasteiger partial charge in [-0.2, -0.15) is 8.78 Å². The monoisotopic (exact) mass is 263 g/mol. The molecule has 0 bridgehead atoms. The van der Waals surface area contributed by atoms with Crippen LogP contribution in [0.1, 0.15) is 5.56 Å². The molecule has 0 spiro atoms. The van der Waals surface area contributed by atoms with Gasteiger partial charge >= 0.3 is 30.8 Å². The summed E-state index contributed by atoms with van der Waals surface area (Å²) >= 11 is 11.0. The number of carbonyl (C=O) groups is 1. The normalized spacial score (nSPS) is 10.8. The Bertz CT molecular complexity index is 429. The van der Waals surface area contributed by atoms with E-state index < -0.39 is 28.2 Å². The van der Waals surface area contributed by atoms with Gasteiger partial charge in [-0.05, 0) is 12.1 Å². The number of anilines is 1. The standard InChI is InChI=1S/C8H5Cl2F2NO2.Li.H/c9-3-1-2-4(13)5(6(3)10)8(11,12)7(14)15;;/h1-2H,13H2,(H,14,15);;. The molecule has 0 aromatic heterocycles. The van der Waals surface area contributed by atoms with Crippen molar-refractivity contribution >= 4 is 53.7 Å². The first kappa shape index (κ1) is 15.5. The van der Waals surface area contributed by atoms with Crippen LogP contribution in [0.2, 0.25) is 10.0 Å². The number of halogens is 4. The molecule has 0 amide bonds. The molecule has 0 saturated heterocycles. The maximum atomic E-state index is 13.2. The van der Waals surface area contributed by atoms with E-state index in [1.807, 2.05) is 0 Å². The molecule has 1 aromatic rings. The van der Waals surface area contributed by atoms with Crippen LogP contribution in [-0.2, 0) is 10.7 Å². The predicted molar refractivity (Wildman–Crippen MR) is 59.6 cm³/mol. The van der Waals surface area contributed by atoms with Gasteiger partial charge in [-0.3, -0.25) is 0 Å². The number of alkyl halides is 2. The Morgan fingerprint density at radius 2 is 1.88 bits per heavy atom. The molecule has 0 saturated carbocycles. The summed E-state index contributed by atoms with van der Waals surface area (Å²) in [5.74, 6) is -6.50. The second-order valence-corrected chi connectivity index (χ2v) is 3.49. The Morgan fingerprint density at radius 3 is 2.31 bits per heavy atom. The number of nitrogens with two attached hydrogens (primary N) is 1. The van der Waals surface area contributed by atoms with Crippen LogP contribution in [0.5, 0.6) is 0 Å².